The van der Waals surface area contributed by atoms with Crippen molar-refractivity contribution >= 4 is 11.9 Å². The molecule has 3 heterocycles. The van der Waals surface area contributed by atoms with E-state index >= 15 is 0 Å². The molecule has 0 N–H and O–H groups in total. The van der Waals surface area contributed by atoms with Gasteiger partial charge in [-0.1, -0.05) is 0 Å². The van der Waals surface area contributed by atoms with E-state index in [1.165, 1.54) is 0 Å². The molecular weight excluding hydrogens is 290 g/mol. The summed E-state index contributed by atoms with van der Waals surface area (Å²) < 4.78 is 10.4. The first-order valence-corrected chi connectivity index (χ1v) is 7.36. The van der Waals surface area contributed by atoms with Crippen LogP contribution in [0.1, 0.15) is 16.6 Å². The number of urea groups is 1. The molecule has 2 aliphatic rings. The molecule has 2 aliphatic heterocycles. The summed E-state index contributed by atoms with van der Waals surface area (Å²) in [5.41, 5.74) is 0. The van der Waals surface area contributed by atoms with Crippen molar-refractivity contribution in [2.24, 2.45) is 0 Å². The van der Waals surface area contributed by atoms with E-state index in [1.807, 2.05) is 0 Å². The number of piperazine rings is 1. The lowest BCUT2D eigenvalue weighted by Crippen LogP contribution is -2.55. The summed E-state index contributed by atoms with van der Waals surface area (Å²) in [5.74, 6) is 0.0917. The maximum Gasteiger partial charge on any atom is 0.320 e. The van der Waals surface area contributed by atoms with Crippen LogP contribution in [0.4, 0.5) is 4.79 Å². The standard InChI is InChI=1S/C13H19N5O4/c1-10-14-15-11(22-10)12(19)16-2-4-17(5-3-16)13(20)18-6-8-21-9-7-18/h2-9H2,1H3. The molecule has 0 unspecified atom stereocenters. The largest absolute Gasteiger partial charge is 0.417 e. The number of rotatable bonds is 1. The average Bonchev–Trinajstić information content (AvgIpc) is 3.01. The first-order chi connectivity index (χ1) is 10.6. The van der Waals surface area contributed by atoms with E-state index in [9.17, 15) is 9.59 Å². The summed E-state index contributed by atoms with van der Waals surface area (Å²) in [6, 6.07) is 0.0176. The molecular formula is C13H19N5O4. The number of hydrogen-bond acceptors (Lipinski definition) is 6. The zero-order valence-corrected chi connectivity index (χ0v) is 12.5. The lowest BCUT2D eigenvalue weighted by Gasteiger charge is -2.38. The minimum atomic E-state index is -0.279. The summed E-state index contributed by atoms with van der Waals surface area (Å²) in [5, 5.41) is 7.40. The van der Waals surface area contributed by atoms with E-state index in [0.717, 1.165) is 0 Å². The lowest BCUT2D eigenvalue weighted by atomic mass is 10.3. The molecule has 2 saturated heterocycles. The van der Waals surface area contributed by atoms with Gasteiger partial charge in [-0.2, -0.15) is 0 Å². The van der Waals surface area contributed by atoms with Crippen molar-refractivity contribution in [3.8, 4) is 0 Å². The molecule has 0 atom stereocenters. The number of aromatic nitrogens is 2. The van der Waals surface area contributed by atoms with E-state index in [2.05, 4.69) is 10.2 Å². The number of carbonyl (C=O) groups excluding carboxylic acids is 2. The van der Waals surface area contributed by atoms with Gasteiger partial charge in [-0.25, -0.2) is 4.79 Å². The highest BCUT2D eigenvalue weighted by molar-refractivity contribution is 5.89. The third-order valence-electron chi connectivity index (χ3n) is 3.83. The van der Waals surface area contributed by atoms with Crippen LogP contribution in [0.25, 0.3) is 0 Å². The van der Waals surface area contributed by atoms with Crippen LogP contribution < -0.4 is 0 Å². The number of amides is 3. The number of aryl methyl sites for hydroxylation is 1. The summed E-state index contributed by atoms with van der Waals surface area (Å²) in [7, 11) is 0. The van der Waals surface area contributed by atoms with Crippen molar-refractivity contribution in [3.05, 3.63) is 11.8 Å². The van der Waals surface area contributed by atoms with Gasteiger partial charge >= 0.3 is 17.8 Å². The fourth-order valence-electron chi connectivity index (χ4n) is 2.57. The van der Waals surface area contributed by atoms with Gasteiger partial charge in [-0.15, -0.1) is 10.2 Å². The molecule has 0 aromatic carbocycles. The summed E-state index contributed by atoms with van der Waals surface area (Å²) in [6.07, 6.45) is 0. The summed E-state index contributed by atoms with van der Waals surface area (Å²) in [4.78, 5) is 29.7. The predicted molar refractivity (Wildman–Crippen MR) is 74.3 cm³/mol. The molecule has 0 aliphatic carbocycles. The summed E-state index contributed by atoms with van der Waals surface area (Å²) in [6.45, 7) is 6.01. The number of nitrogens with zero attached hydrogens (tertiary/aromatic N) is 5. The quantitative estimate of drug-likeness (QED) is 0.700. The van der Waals surface area contributed by atoms with Gasteiger partial charge in [0, 0.05) is 46.2 Å². The van der Waals surface area contributed by atoms with Gasteiger partial charge in [-0.3, -0.25) is 4.79 Å². The maximum atomic E-state index is 12.4. The number of morpholine rings is 1. The predicted octanol–water partition coefficient (Wildman–Crippen LogP) is -0.412. The van der Waals surface area contributed by atoms with E-state index in [-0.39, 0.29) is 17.8 Å². The van der Waals surface area contributed by atoms with Crippen LogP contribution in [0.5, 0.6) is 0 Å². The Morgan fingerprint density at radius 2 is 1.50 bits per heavy atom. The molecule has 22 heavy (non-hydrogen) atoms. The zero-order valence-electron chi connectivity index (χ0n) is 12.5. The molecule has 9 heteroatoms. The molecule has 2 fully saturated rings. The Kier molecular flexibility index (Phi) is 4.23. The molecule has 3 rings (SSSR count). The first kappa shape index (κ1) is 14.8. The van der Waals surface area contributed by atoms with Gasteiger partial charge in [0.05, 0.1) is 13.2 Å². The topological polar surface area (TPSA) is 92.0 Å². The van der Waals surface area contributed by atoms with Crippen molar-refractivity contribution in [2.75, 3.05) is 52.5 Å². The second kappa shape index (κ2) is 6.30. The Bertz CT molecular complexity index is 546. The van der Waals surface area contributed by atoms with Crippen molar-refractivity contribution in [1.82, 2.24) is 24.9 Å². The molecule has 9 nitrogen and oxygen atoms in total. The van der Waals surface area contributed by atoms with E-state index in [4.69, 9.17) is 9.15 Å². The molecule has 0 saturated carbocycles. The van der Waals surface area contributed by atoms with Crippen LogP contribution in [0.15, 0.2) is 4.42 Å². The maximum absolute atomic E-state index is 12.4. The first-order valence-electron chi connectivity index (χ1n) is 7.36. The highest BCUT2D eigenvalue weighted by Gasteiger charge is 2.30. The van der Waals surface area contributed by atoms with Crippen molar-refractivity contribution in [1.29, 1.82) is 0 Å². The number of carbonyl (C=O) groups is 2. The van der Waals surface area contributed by atoms with Gasteiger partial charge < -0.3 is 23.9 Å². The Morgan fingerprint density at radius 1 is 0.909 bits per heavy atom. The average molecular weight is 309 g/mol. The third kappa shape index (κ3) is 3.03. The van der Waals surface area contributed by atoms with Crippen molar-refractivity contribution in [2.45, 2.75) is 6.92 Å². The minimum absolute atomic E-state index is 0.00505. The van der Waals surface area contributed by atoms with E-state index < -0.39 is 0 Å². The van der Waals surface area contributed by atoms with Gasteiger partial charge in [0.2, 0.25) is 5.89 Å². The highest BCUT2D eigenvalue weighted by atomic mass is 16.5. The normalized spacial score (nSPS) is 19.4. The second-order valence-electron chi connectivity index (χ2n) is 5.29. The van der Waals surface area contributed by atoms with Crippen LogP contribution >= 0.6 is 0 Å². The lowest BCUT2D eigenvalue weighted by molar-refractivity contribution is 0.0356. The Hall–Kier alpha value is -2.16. The second-order valence-corrected chi connectivity index (χ2v) is 5.29. The summed E-state index contributed by atoms with van der Waals surface area (Å²) >= 11 is 0. The third-order valence-corrected chi connectivity index (χ3v) is 3.83. The molecule has 3 amide bonds. The Labute approximate surface area is 127 Å². The van der Waals surface area contributed by atoms with Crippen LogP contribution in [0, 0.1) is 6.92 Å². The van der Waals surface area contributed by atoms with Crippen molar-refractivity contribution in [3.63, 3.8) is 0 Å². The van der Waals surface area contributed by atoms with Crippen LogP contribution in [0.3, 0.4) is 0 Å². The number of hydrogen-bond donors (Lipinski definition) is 0. The molecule has 0 radical (unpaired) electrons. The Balaban J connectivity index is 1.53. The van der Waals surface area contributed by atoms with E-state index in [1.54, 1.807) is 21.6 Å². The van der Waals surface area contributed by atoms with Crippen molar-refractivity contribution < 1.29 is 18.7 Å². The monoisotopic (exact) mass is 309 g/mol. The van der Waals surface area contributed by atoms with E-state index in [0.29, 0.717) is 58.4 Å². The Morgan fingerprint density at radius 3 is 2.09 bits per heavy atom. The van der Waals surface area contributed by atoms with Gasteiger partial charge in [0.15, 0.2) is 0 Å². The minimum Gasteiger partial charge on any atom is -0.417 e. The van der Waals surface area contributed by atoms with Crippen LogP contribution in [-0.4, -0.2) is 89.3 Å². The van der Waals surface area contributed by atoms with Crippen LogP contribution in [-0.2, 0) is 4.74 Å². The molecule has 0 bridgehead atoms. The highest BCUT2D eigenvalue weighted by Crippen LogP contribution is 2.10. The molecule has 0 spiro atoms. The van der Waals surface area contributed by atoms with Gasteiger partial charge in [0.25, 0.3) is 0 Å². The molecule has 1 aromatic rings. The fraction of sp³-hybridized carbons (Fsp3) is 0.692. The smallest absolute Gasteiger partial charge is 0.320 e. The van der Waals surface area contributed by atoms with Gasteiger partial charge in [-0.05, 0) is 0 Å². The zero-order chi connectivity index (χ0) is 15.5. The molecule has 120 valence electrons. The van der Waals surface area contributed by atoms with Crippen LogP contribution in [0.2, 0.25) is 0 Å². The fourth-order valence-corrected chi connectivity index (χ4v) is 2.57. The SMILES string of the molecule is Cc1nnc(C(=O)N2CCN(C(=O)N3CCOCC3)CC2)o1. The van der Waals surface area contributed by atoms with Gasteiger partial charge in [0.1, 0.15) is 0 Å². The number of ether oxygens (including phenoxy) is 1. The molecule has 1 aromatic heterocycles.